The molecule has 13 heavy (non-hydrogen) atoms. The van der Waals surface area contributed by atoms with Crippen molar-refractivity contribution in [3.8, 4) is 0 Å². The third-order valence-corrected chi connectivity index (χ3v) is 2.63. The Hall–Kier alpha value is -1.22. The van der Waals surface area contributed by atoms with Crippen molar-refractivity contribution in [1.82, 2.24) is 0 Å². The second kappa shape index (κ2) is 2.92. The van der Waals surface area contributed by atoms with Crippen LogP contribution in [0.5, 0.6) is 0 Å². The second-order valence-electron chi connectivity index (χ2n) is 2.42. The van der Waals surface area contributed by atoms with Crippen molar-refractivity contribution < 1.29 is 27.4 Å². The first kappa shape index (κ1) is 9.86. The van der Waals surface area contributed by atoms with Gasteiger partial charge in [0.2, 0.25) is 0 Å². The summed E-state index contributed by atoms with van der Waals surface area (Å²) in [5.41, 5.74) is 0. The van der Waals surface area contributed by atoms with Gasteiger partial charge in [0.15, 0.2) is 5.25 Å². The zero-order valence-corrected chi connectivity index (χ0v) is 6.93. The minimum Gasteiger partial charge on any atom is -0.397 e. The van der Waals surface area contributed by atoms with Crippen LogP contribution in [0, 0.1) is 10.1 Å². The summed E-state index contributed by atoms with van der Waals surface area (Å²) in [6, 6.07) is 0. The molecule has 1 saturated heterocycles. The Bertz CT molecular complexity index is 346. The normalized spacial score (nSPS) is 28.5. The predicted molar refractivity (Wildman–Crippen MR) is 36.8 cm³/mol. The summed E-state index contributed by atoms with van der Waals surface area (Å²) in [5, 5.41) is 8.24. The lowest BCUT2D eigenvalue weighted by molar-refractivity contribution is -0.563. The van der Waals surface area contributed by atoms with Crippen LogP contribution >= 0.6 is 0 Å². The molecule has 1 aliphatic heterocycles. The number of carbonyl (C=O) groups is 1. The maximum absolute atomic E-state index is 10.7. The third-order valence-electron chi connectivity index (χ3n) is 1.53. The Morgan fingerprint density at radius 2 is 2.15 bits per heavy atom. The van der Waals surface area contributed by atoms with Gasteiger partial charge in [-0.2, -0.15) is 8.42 Å². The van der Waals surface area contributed by atoms with Crippen LogP contribution in [0.25, 0.3) is 0 Å². The first-order valence-corrected chi connectivity index (χ1v) is 4.63. The molecular weight excluding hydrogens is 206 g/mol. The van der Waals surface area contributed by atoms with Crippen molar-refractivity contribution in [3.63, 3.8) is 0 Å². The van der Waals surface area contributed by atoms with Crippen LogP contribution in [0.3, 0.4) is 0 Å². The Morgan fingerprint density at radius 1 is 1.62 bits per heavy atom. The molecule has 74 valence electrons. The molecule has 2 unspecified atom stereocenters. The van der Waals surface area contributed by atoms with E-state index in [9.17, 15) is 23.3 Å². The molecule has 1 N–H and O–H groups in total. The van der Waals surface area contributed by atoms with E-state index in [1.807, 2.05) is 0 Å². The number of rotatable bonds is 2. The fourth-order valence-corrected chi connectivity index (χ4v) is 1.62. The van der Waals surface area contributed by atoms with E-state index in [1.54, 1.807) is 0 Å². The maximum Gasteiger partial charge on any atom is 0.357 e. The molecule has 9 heteroatoms. The van der Waals surface area contributed by atoms with Gasteiger partial charge in [0.05, 0.1) is 11.3 Å². The Labute approximate surface area is 72.4 Å². The highest BCUT2D eigenvalue weighted by Gasteiger charge is 2.48. The van der Waals surface area contributed by atoms with E-state index in [2.05, 4.69) is 4.74 Å². The van der Waals surface area contributed by atoms with Crippen LogP contribution in [0.1, 0.15) is 6.42 Å². The topological polar surface area (TPSA) is 124 Å². The minimum atomic E-state index is -4.60. The molecule has 0 aliphatic carbocycles. The van der Waals surface area contributed by atoms with Crippen LogP contribution in [0.4, 0.5) is 0 Å². The number of nitrogens with zero attached hydrogens (tertiary/aromatic N) is 1. The van der Waals surface area contributed by atoms with Crippen molar-refractivity contribution >= 4 is 16.1 Å². The number of hydrogen-bond acceptors (Lipinski definition) is 6. The average Bonchev–Trinajstić information content (AvgIpc) is 2.29. The maximum atomic E-state index is 10.7. The summed E-state index contributed by atoms with van der Waals surface area (Å²) in [4.78, 5) is 19.8. The van der Waals surface area contributed by atoms with Crippen LogP contribution in [-0.2, 0) is 19.6 Å². The second-order valence-corrected chi connectivity index (χ2v) is 4.02. The first-order chi connectivity index (χ1) is 5.82. The fourth-order valence-electron chi connectivity index (χ4n) is 0.910. The molecular formula is C4H5NO7S. The van der Waals surface area contributed by atoms with E-state index in [1.165, 1.54) is 0 Å². The minimum absolute atomic E-state index is 0.648. The van der Waals surface area contributed by atoms with E-state index < -0.39 is 38.9 Å². The van der Waals surface area contributed by atoms with Crippen LogP contribution in [0.2, 0.25) is 0 Å². The van der Waals surface area contributed by atoms with Gasteiger partial charge in [0, 0.05) is 0 Å². The molecule has 0 saturated carbocycles. The van der Waals surface area contributed by atoms with Crippen molar-refractivity contribution in [2.75, 3.05) is 0 Å². The number of ether oxygens (including phenoxy) is 1. The average molecular weight is 211 g/mol. The van der Waals surface area contributed by atoms with Gasteiger partial charge in [-0.25, -0.2) is 0 Å². The third kappa shape index (κ3) is 1.92. The van der Waals surface area contributed by atoms with Gasteiger partial charge < -0.3 is 4.74 Å². The monoisotopic (exact) mass is 211 g/mol. The summed E-state index contributed by atoms with van der Waals surface area (Å²) in [5.74, 6) is -1.29. The number of hydrogen-bond donors (Lipinski definition) is 1. The van der Waals surface area contributed by atoms with Crippen molar-refractivity contribution in [1.29, 1.82) is 0 Å². The summed E-state index contributed by atoms with van der Waals surface area (Å²) in [7, 11) is -4.60. The van der Waals surface area contributed by atoms with E-state index >= 15 is 0 Å². The van der Waals surface area contributed by atoms with Crippen LogP contribution < -0.4 is 0 Å². The Balaban J connectivity index is 2.85. The lowest BCUT2D eigenvalue weighted by Crippen LogP contribution is -2.25. The van der Waals surface area contributed by atoms with E-state index in [-0.39, 0.29) is 0 Å². The Kier molecular flexibility index (Phi) is 2.22. The molecule has 1 fully saturated rings. The fraction of sp³-hybridized carbons (Fsp3) is 0.750. The largest absolute Gasteiger partial charge is 0.397 e. The van der Waals surface area contributed by atoms with Crippen LogP contribution in [0.15, 0.2) is 0 Å². The van der Waals surface area contributed by atoms with Gasteiger partial charge in [-0.3, -0.25) is 19.5 Å². The molecule has 0 spiro atoms. The number of nitro groups is 1. The molecule has 0 radical (unpaired) electrons. The van der Waals surface area contributed by atoms with Crippen molar-refractivity contribution in [2.24, 2.45) is 0 Å². The molecule has 0 aromatic heterocycles. The van der Waals surface area contributed by atoms with Gasteiger partial charge in [-0.1, -0.05) is 0 Å². The highest BCUT2D eigenvalue weighted by atomic mass is 32.2. The van der Waals surface area contributed by atoms with Crippen LogP contribution in [-0.4, -0.2) is 35.3 Å². The standard InChI is InChI=1S/C4H5NO7S/c6-4-2(13(9,10)11)1-3(12-4)5(7)8/h2-3H,1H2,(H,9,10,11). The molecule has 1 rings (SSSR count). The van der Waals surface area contributed by atoms with Crippen molar-refractivity contribution in [2.45, 2.75) is 17.9 Å². The zero-order chi connectivity index (χ0) is 10.2. The molecule has 2 atom stereocenters. The molecule has 8 nitrogen and oxygen atoms in total. The van der Waals surface area contributed by atoms with Gasteiger partial charge in [0.25, 0.3) is 10.1 Å². The van der Waals surface area contributed by atoms with Gasteiger partial charge in [-0.15, -0.1) is 0 Å². The van der Waals surface area contributed by atoms with E-state index in [0.717, 1.165) is 0 Å². The quantitative estimate of drug-likeness (QED) is 0.263. The molecule has 0 aromatic rings. The summed E-state index contributed by atoms with van der Waals surface area (Å²) >= 11 is 0. The lowest BCUT2D eigenvalue weighted by Gasteiger charge is -1.96. The molecule has 0 amide bonds. The zero-order valence-electron chi connectivity index (χ0n) is 6.11. The number of carbonyl (C=O) groups excluding carboxylic acids is 1. The predicted octanol–water partition coefficient (Wildman–Crippen LogP) is -1.21. The SMILES string of the molecule is O=C1OC([N+](=O)[O-])CC1S(=O)(=O)O. The molecule has 1 heterocycles. The summed E-state index contributed by atoms with van der Waals surface area (Å²) in [6.45, 7) is 0. The highest BCUT2D eigenvalue weighted by molar-refractivity contribution is 7.87. The number of cyclic esters (lactones) is 1. The van der Waals surface area contributed by atoms with Gasteiger partial charge in [0.1, 0.15) is 0 Å². The Morgan fingerprint density at radius 3 is 2.38 bits per heavy atom. The smallest absolute Gasteiger partial charge is 0.357 e. The summed E-state index contributed by atoms with van der Waals surface area (Å²) in [6.07, 6.45) is -2.33. The lowest BCUT2D eigenvalue weighted by atomic mass is 10.3. The molecule has 0 aromatic carbocycles. The molecule has 0 bridgehead atoms. The highest BCUT2D eigenvalue weighted by Crippen LogP contribution is 2.20. The van der Waals surface area contributed by atoms with E-state index in [4.69, 9.17) is 4.55 Å². The van der Waals surface area contributed by atoms with E-state index in [0.29, 0.717) is 0 Å². The molecule has 1 aliphatic rings. The number of esters is 1. The first-order valence-electron chi connectivity index (χ1n) is 3.12. The van der Waals surface area contributed by atoms with Crippen molar-refractivity contribution in [3.05, 3.63) is 10.1 Å². The van der Waals surface area contributed by atoms with Gasteiger partial charge in [-0.05, 0) is 0 Å². The van der Waals surface area contributed by atoms with Gasteiger partial charge >= 0.3 is 12.2 Å². The summed E-state index contributed by atoms with van der Waals surface area (Å²) < 4.78 is 33.4.